The van der Waals surface area contributed by atoms with Crippen molar-refractivity contribution in [3.05, 3.63) is 52.0 Å². The summed E-state index contributed by atoms with van der Waals surface area (Å²) in [6.45, 7) is 2.88. The average Bonchev–Trinajstić information content (AvgIpc) is 2.83. The van der Waals surface area contributed by atoms with Crippen molar-refractivity contribution >= 4 is 15.9 Å². The van der Waals surface area contributed by atoms with Crippen molar-refractivity contribution in [3.63, 3.8) is 0 Å². The van der Waals surface area contributed by atoms with Gasteiger partial charge in [-0.15, -0.1) is 0 Å². The molecule has 0 aliphatic carbocycles. The topological polar surface area (TPSA) is 29.9 Å². The first-order valence-electron chi connectivity index (χ1n) is 5.80. The van der Waals surface area contributed by atoms with Gasteiger partial charge in [-0.25, -0.2) is 4.39 Å². The molecule has 3 nitrogen and oxygen atoms in total. The summed E-state index contributed by atoms with van der Waals surface area (Å²) < 4.78 is 15.6. The van der Waals surface area contributed by atoms with Gasteiger partial charge in [0.1, 0.15) is 5.82 Å². The number of hydrogen-bond acceptors (Lipinski definition) is 2. The predicted octanol–water partition coefficient (Wildman–Crippen LogP) is 3.11. The Labute approximate surface area is 114 Å². The molecule has 18 heavy (non-hydrogen) atoms. The number of benzene rings is 1. The molecule has 1 atom stereocenters. The Balaban J connectivity index is 2.35. The van der Waals surface area contributed by atoms with Gasteiger partial charge in [-0.2, -0.15) is 5.10 Å². The summed E-state index contributed by atoms with van der Waals surface area (Å²) in [5.41, 5.74) is 2.07. The maximum absolute atomic E-state index is 13.2. The zero-order valence-electron chi connectivity index (χ0n) is 10.3. The molecule has 1 aromatic carbocycles. The molecule has 0 aliphatic heterocycles. The van der Waals surface area contributed by atoms with Crippen molar-refractivity contribution in [1.29, 1.82) is 0 Å². The summed E-state index contributed by atoms with van der Waals surface area (Å²) in [6, 6.07) is 5.06. The molecule has 1 N–H and O–H groups in total. The molecular formula is C13H15BrFN3. The van der Waals surface area contributed by atoms with Crippen LogP contribution < -0.4 is 5.32 Å². The Kier molecular flexibility index (Phi) is 4.14. The molecule has 0 saturated heterocycles. The van der Waals surface area contributed by atoms with Gasteiger partial charge < -0.3 is 5.32 Å². The second-order valence-corrected chi connectivity index (χ2v) is 4.88. The standard InChI is InChI=1S/C13H15BrFN3/c1-3-18-8-10(7-17-18)13(16-2)9-4-5-12(15)11(14)6-9/h4-8,13,16H,3H2,1-2H3. The maximum atomic E-state index is 13.2. The fourth-order valence-corrected chi connectivity index (χ4v) is 2.32. The first kappa shape index (κ1) is 13.2. The van der Waals surface area contributed by atoms with Crippen LogP contribution in [0.1, 0.15) is 24.1 Å². The van der Waals surface area contributed by atoms with Gasteiger partial charge in [0.05, 0.1) is 16.7 Å². The minimum Gasteiger partial charge on any atom is -0.309 e. The highest BCUT2D eigenvalue weighted by Crippen LogP contribution is 2.25. The summed E-state index contributed by atoms with van der Waals surface area (Å²) in [5.74, 6) is -0.252. The second-order valence-electron chi connectivity index (χ2n) is 4.02. The third kappa shape index (κ3) is 2.62. The van der Waals surface area contributed by atoms with Crippen molar-refractivity contribution in [1.82, 2.24) is 15.1 Å². The Bertz CT molecular complexity index is 539. The molecular weight excluding hydrogens is 297 g/mol. The molecule has 1 aromatic heterocycles. The lowest BCUT2D eigenvalue weighted by Gasteiger charge is -2.15. The normalized spacial score (nSPS) is 12.7. The molecule has 0 aliphatic rings. The summed E-state index contributed by atoms with van der Waals surface area (Å²) >= 11 is 3.21. The van der Waals surface area contributed by atoms with E-state index in [0.717, 1.165) is 17.7 Å². The molecule has 5 heteroatoms. The minimum atomic E-state index is -0.252. The fraction of sp³-hybridized carbons (Fsp3) is 0.308. The van der Waals surface area contributed by atoms with Gasteiger partial charge in [0.15, 0.2) is 0 Å². The number of nitrogens with zero attached hydrogens (tertiary/aromatic N) is 2. The Morgan fingerprint density at radius 2 is 2.22 bits per heavy atom. The van der Waals surface area contributed by atoms with E-state index in [1.165, 1.54) is 6.07 Å². The number of hydrogen-bond donors (Lipinski definition) is 1. The summed E-state index contributed by atoms with van der Waals surface area (Å²) in [5, 5.41) is 7.48. The van der Waals surface area contributed by atoms with E-state index in [4.69, 9.17) is 0 Å². The SMILES string of the molecule is CCn1cc(C(NC)c2ccc(F)c(Br)c2)cn1. The smallest absolute Gasteiger partial charge is 0.137 e. The molecule has 0 saturated carbocycles. The average molecular weight is 312 g/mol. The molecule has 0 radical (unpaired) electrons. The van der Waals surface area contributed by atoms with E-state index in [-0.39, 0.29) is 11.9 Å². The zero-order chi connectivity index (χ0) is 13.1. The molecule has 0 fully saturated rings. The molecule has 1 unspecified atom stereocenters. The predicted molar refractivity (Wildman–Crippen MR) is 72.9 cm³/mol. The lowest BCUT2D eigenvalue weighted by Crippen LogP contribution is -2.17. The number of halogens is 2. The van der Waals surface area contributed by atoms with Crippen LogP contribution in [0, 0.1) is 5.82 Å². The van der Waals surface area contributed by atoms with E-state index in [1.807, 2.05) is 31.0 Å². The third-order valence-electron chi connectivity index (χ3n) is 2.88. The van der Waals surface area contributed by atoms with Gasteiger partial charge in [0.25, 0.3) is 0 Å². The van der Waals surface area contributed by atoms with Gasteiger partial charge in [-0.3, -0.25) is 4.68 Å². The van der Waals surface area contributed by atoms with Crippen LogP contribution in [-0.2, 0) is 6.54 Å². The lowest BCUT2D eigenvalue weighted by atomic mass is 10.0. The number of rotatable bonds is 4. The molecule has 2 rings (SSSR count). The van der Waals surface area contributed by atoms with Gasteiger partial charge >= 0.3 is 0 Å². The van der Waals surface area contributed by atoms with E-state index in [0.29, 0.717) is 4.47 Å². The van der Waals surface area contributed by atoms with Crippen molar-refractivity contribution in [2.75, 3.05) is 7.05 Å². The monoisotopic (exact) mass is 311 g/mol. The molecule has 2 aromatic rings. The fourth-order valence-electron chi connectivity index (χ4n) is 1.92. The van der Waals surface area contributed by atoms with Crippen molar-refractivity contribution in [2.45, 2.75) is 19.5 Å². The molecule has 0 amide bonds. The highest BCUT2D eigenvalue weighted by Gasteiger charge is 2.15. The van der Waals surface area contributed by atoms with Crippen LogP contribution in [-0.4, -0.2) is 16.8 Å². The quantitative estimate of drug-likeness (QED) is 0.940. The first-order chi connectivity index (χ1) is 8.65. The van der Waals surface area contributed by atoms with Gasteiger partial charge in [0.2, 0.25) is 0 Å². The summed E-state index contributed by atoms with van der Waals surface area (Å²) in [6.07, 6.45) is 3.83. The largest absolute Gasteiger partial charge is 0.309 e. The van der Waals surface area contributed by atoms with E-state index >= 15 is 0 Å². The highest BCUT2D eigenvalue weighted by molar-refractivity contribution is 9.10. The van der Waals surface area contributed by atoms with Crippen molar-refractivity contribution in [2.24, 2.45) is 0 Å². The van der Waals surface area contributed by atoms with Crippen LogP contribution in [0.4, 0.5) is 4.39 Å². The van der Waals surface area contributed by atoms with E-state index in [9.17, 15) is 4.39 Å². The highest BCUT2D eigenvalue weighted by atomic mass is 79.9. The lowest BCUT2D eigenvalue weighted by molar-refractivity contribution is 0.616. The van der Waals surface area contributed by atoms with E-state index < -0.39 is 0 Å². The number of aromatic nitrogens is 2. The molecule has 1 heterocycles. The maximum Gasteiger partial charge on any atom is 0.137 e. The summed E-state index contributed by atoms with van der Waals surface area (Å²) in [7, 11) is 1.88. The van der Waals surface area contributed by atoms with Crippen LogP contribution in [0.2, 0.25) is 0 Å². The molecule has 0 spiro atoms. The van der Waals surface area contributed by atoms with Crippen LogP contribution in [0.3, 0.4) is 0 Å². The van der Waals surface area contributed by atoms with Crippen LogP contribution in [0.5, 0.6) is 0 Å². The first-order valence-corrected chi connectivity index (χ1v) is 6.59. The van der Waals surface area contributed by atoms with Crippen molar-refractivity contribution < 1.29 is 4.39 Å². The summed E-state index contributed by atoms with van der Waals surface area (Å²) in [4.78, 5) is 0. The molecule has 0 bridgehead atoms. The Hall–Kier alpha value is -1.20. The number of nitrogens with one attached hydrogen (secondary N) is 1. The van der Waals surface area contributed by atoms with Crippen molar-refractivity contribution in [3.8, 4) is 0 Å². The Morgan fingerprint density at radius 3 is 2.78 bits per heavy atom. The number of aryl methyl sites for hydroxylation is 1. The van der Waals surface area contributed by atoms with Crippen LogP contribution in [0.15, 0.2) is 35.1 Å². The van der Waals surface area contributed by atoms with E-state index in [1.54, 1.807) is 12.1 Å². The van der Waals surface area contributed by atoms with Gasteiger partial charge in [0, 0.05) is 18.3 Å². The Morgan fingerprint density at radius 1 is 1.44 bits per heavy atom. The second kappa shape index (κ2) is 5.63. The van der Waals surface area contributed by atoms with E-state index in [2.05, 4.69) is 26.3 Å². The minimum absolute atomic E-state index is 0.0159. The van der Waals surface area contributed by atoms with Crippen LogP contribution >= 0.6 is 15.9 Å². The van der Waals surface area contributed by atoms with Gasteiger partial charge in [-0.05, 0) is 47.6 Å². The zero-order valence-corrected chi connectivity index (χ0v) is 11.9. The van der Waals surface area contributed by atoms with Crippen LogP contribution in [0.25, 0.3) is 0 Å². The third-order valence-corrected chi connectivity index (χ3v) is 3.48. The van der Waals surface area contributed by atoms with Gasteiger partial charge in [-0.1, -0.05) is 6.07 Å². The molecule has 96 valence electrons.